The lowest BCUT2D eigenvalue weighted by molar-refractivity contribution is 0.381. The van der Waals surface area contributed by atoms with E-state index in [9.17, 15) is 0 Å². The van der Waals surface area contributed by atoms with Gasteiger partial charge in [-0.3, -0.25) is 0 Å². The van der Waals surface area contributed by atoms with E-state index < -0.39 is 0 Å². The molecule has 0 amide bonds. The summed E-state index contributed by atoms with van der Waals surface area (Å²) in [6.07, 6.45) is 1.76. The second-order valence-corrected chi connectivity index (χ2v) is 1.88. The van der Waals surface area contributed by atoms with Crippen LogP contribution < -0.4 is 5.32 Å². The smallest absolute Gasteiger partial charge is 0.154 e. The van der Waals surface area contributed by atoms with Crippen LogP contribution in [0.15, 0.2) is 10.7 Å². The third-order valence-corrected chi connectivity index (χ3v) is 1.33. The molecule has 0 unspecified atom stereocenters. The lowest BCUT2D eigenvalue weighted by atomic mass is 10.3. The fourth-order valence-electron chi connectivity index (χ4n) is 0.885. The zero-order valence-corrected chi connectivity index (χ0v) is 4.35. The highest BCUT2D eigenvalue weighted by atomic mass is 16.5. The molecule has 0 radical (unpaired) electrons. The van der Waals surface area contributed by atoms with Crippen LogP contribution in [-0.4, -0.2) is 5.16 Å². The minimum atomic E-state index is 0.843. The molecule has 0 saturated heterocycles. The molecule has 8 heavy (non-hydrogen) atoms. The number of nitrogens with one attached hydrogen (secondary N) is 1. The van der Waals surface area contributed by atoms with Crippen molar-refractivity contribution in [3.8, 4) is 0 Å². The SMILES string of the molecule is c1noc2c1CNC2. The molecule has 1 N–H and O–H groups in total. The number of nitrogens with zero attached hydrogens (tertiary/aromatic N) is 1. The molecule has 2 rings (SSSR count). The van der Waals surface area contributed by atoms with Crippen molar-refractivity contribution < 1.29 is 4.52 Å². The first-order valence-electron chi connectivity index (χ1n) is 2.60. The number of fused-ring (bicyclic) bond motifs is 1. The van der Waals surface area contributed by atoms with E-state index in [1.54, 1.807) is 6.20 Å². The highest BCUT2D eigenvalue weighted by Crippen LogP contribution is 2.12. The van der Waals surface area contributed by atoms with Gasteiger partial charge in [0.05, 0.1) is 12.7 Å². The van der Waals surface area contributed by atoms with E-state index in [0.29, 0.717) is 0 Å². The van der Waals surface area contributed by atoms with Gasteiger partial charge in [0.1, 0.15) is 0 Å². The summed E-state index contributed by atoms with van der Waals surface area (Å²) in [6, 6.07) is 0. The molecule has 3 heteroatoms. The maximum Gasteiger partial charge on any atom is 0.154 e. The Morgan fingerprint density at radius 1 is 1.62 bits per heavy atom. The van der Waals surface area contributed by atoms with Crippen LogP contribution in [0.25, 0.3) is 0 Å². The maximum absolute atomic E-state index is 4.86. The summed E-state index contributed by atoms with van der Waals surface area (Å²) in [5.41, 5.74) is 1.20. The molecule has 2 heterocycles. The predicted octanol–water partition coefficient (Wildman–Crippen LogP) is 0.278. The number of hydrogen-bond acceptors (Lipinski definition) is 3. The van der Waals surface area contributed by atoms with Crippen LogP contribution in [0.3, 0.4) is 0 Å². The third kappa shape index (κ3) is 0.391. The van der Waals surface area contributed by atoms with Gasteiger partial charge in [0.15, 0.2) is 5.76 Å². The fraction of sp³-hybridized carbons (Fsp3) is 0.400. The molecular formula is C5H6N2O. The molecule has 3 nitrogen and oxygen atoms in total. The molecule has 0 spiro atoms. The van der Waals surface area contributed by atoms with Crippen molar-refractivity contribution in [2.45, 2.75) is 13.1 Å². The monoisotopic (exact) mass is 110 g/mol. The summed E-state index contributed by atoms with van der Waals surface area (Å²) < 4.78 is 4.86. The quantitative estimate of drug-likeness (QED) is 0.521. The fourth-order valence-corrected chi connectivity index (χ4v) is 0.885. The van der Waals surface area contributed by atoms with Crippen LogP contribution in [0.4, 0.5) is 0 Å². The summed E-state index contributed by atoms with van der Waals surface area (Å²) in [6.45, 7) is 1.76. The Labute approximate surface area is 46.7 Å². The molecule has 1 aliphatic rings. The van der Waals surface area contributed by atoms with Gasteiger partial charge in [-0.1, -0.05) is 5.16 Å². The van der Waals surface area contributed by atoms with Crippen molar-refractivity contribution in [2.24, 2.45) is 0 Å². The summed E-state index contributed by atoms with van der Waals surface area (Å²) in [5.74, 6) is 0.991. The van der Waals surface area contributed by atoms with E-state index in [1.165, 1.54) is 5.56 Å². The first-order valence-corrected chi connectivity index (χ1v) is 2.60. The third-order valence-electron chi connectivity index (χ3n) is 1.33. The molecule has 0 fully saturated rings. The number of hydrogen-bond donors (Lipinski definition) is 1. The van der Waals surface area contributed by atoms with Crippen LogP contribution in [0.2, 0.25) is 0 Å². The van der Waals surface area contributed by atoms with Crippen molar-refractivity contribution >= 4 is 0 Å². The average Bonchev–Trinajstić information content (AvgIpc) is 2.15. The second kappa shape index (κ2) is 1.32. The van der Waals surface area contributed by atoms with Crippen molar-refractivity contribution in [1.29, 1.82) is 0 Å². The van der Waals surface area contributed by atoms with Gasteiger partial charge >= 0.3 is 0 Å². The van der Waals surface area contributed by atoms with Crippen molar-refractivity contribution in [1.82, 2.24) is 10.5 Å². The molecule has 0 bridgehead atoms. The minimum Gasteiger partial charge on any atom is -0.360 e. The summed E-state index contributed by atoms with van der Waals surface area (Å²) in [7, 11) is 0. The van der Waals surface area contributed by atoms with Gasteiger partial charge in [0.25, 0.3) is 0 Å². The van der Waals surface area contributed by atoms with E-state index in [4.69, 9.17) is 4.52 Å². The Morgan fingerprint density at radius 3 is 3.50 bits per heavy atom. The summed E-state index contributed by atoms with van der Waals surface area (Å²) in [5, 5.41) is 6.76. The molecule has 0 aromatic carbocycles. The largest absolute Gasteiger partial charge is 0.360 e. The van der Waals surface area contributed by atoms with Gasteiger partial charge in [0.2, 0.25) is 0 Å². The van der Waals surface area contributed by atoms with Gasteiger partial charge in [-0.05, 0) is 0 Å². The Hall–Kier alpha value is -0.830. The molecule has 1 aliphatic heterocycles. The van der Waals surface area contributed by atoms with E-state index in [0.717, 1.165) is 18.8 Å². The normalized spacial score (nSPS) is 16.5. The van der Waals surface area contributed by atoms with E-state index in [-0.39, 0.29) is 0 Å². The van der Waals surface area contributed by atoms with Crippen molar-refractivity contribution in [3.05, 3.63) is 17.5 Å². The van der Waals surface area contributed by atoms with Crippen molar-refractivity contribution in [2.75, 3.05) is 0 Å². The summed E-state index contributed by atoms with van der Waals surface area (Å²) >= 11 is 0. The standard InChI is InChI=1S/C5H6N2O/c1-4-2-7-8-5(4)3-6-1/h2,6H,1,3H2. The number of aromatic nitrogens is 1. The average molecular weight is 110 g/mol. The van der Waals surface area contributed by atoms with Gasteiger partial charge < -0.3 is 9.84 Å². The van der Waals surface area contributed by atoms with Crippen LogP contribution in [0, 0.1) is 0 Å². The Bertz CT molecular complexity index is 176. The van der Waals surface area contributed by atoms with E-state index in [1.807, 2.05) is 0 Å². The van der Waals surface area contributed by atoms with Gasteiger partial charge in [-0.2, -0.15) is 0 Å². The molecule has 0 atom stereocenters. The Kier molecular flexibility index (Phi) is 0.676. The van der Waals surface area contributed by atoms with E-state index >= 15 is 0 Å². The first-order chi connectivity index (χ1) is 3.97. The molecular weight excluding hydrogens is 104 g/mol. The van der Waals surface area contributed by atoms with Gasteiger partial charge in [-0.25, -0.2) is 0 Å². The molecule has 0 aliphatic carbocycles. The molecule has 42 valence electrons. The Morgan fingerprint density at radius 2 is 2.62 bits per heavy atom. The topological polar surface area (TPSA) is 38.1 Å². The van der Waals surface area contributed by atoms with Crippen LogP contribution in [-0.2, 0) is 13.1 Å². The zero-order chi connectivity index (χ0) is 5.40. The highest BCUT2D eigenvalue weighted by Gasteiger charge is 2.12. The lowest BCUT2D eigenvalue weighted by Gasteiger charge is -1.81. The predicted molar refractivity (Wildman–Crippen MR) is 27.0 cm³/mol. The summed E-state index contributed by atoms with van der Waals surface area (Å²) in [4.78, 5) is 0. The Balaban J connectivity index is 2.54. The lowest BCUT2D eigenvalue weighted by Crippen LogP contribution is -2.00. The van der Waals surface area contributed by atoms with E-state index in [2.05, 4.69) is 10.5 Å². The van der Waals surface area contributed by atoms with Gasteiger partial charge in [0, 0.05) is 12.1 Å². The van der Waals surface area contributed by atoms with Crippen LogP contribution in [0.1, 0.15) is 11.3 Å². The maximum atomic E-state index is 4.86. The second-order valence-electron chi connectivity index (χ2n) is 1.88. The first kappa shape index (κ1) is 4.09. The molecule has 1 aromatic rings. The molecule has 1 aromatic heterocycles. The van der Waals surface area contributed by atoms with Gasteiger partial charge in [-0.15, -0.1) is 0 Å². The number of rotatable bonds is 0. The van der Waals surface area contributed by atoms with Crippen LogP contribution in [0.5, 0.6) is 0 Å². The minimum absolute atomic E-state index is 0.843. The zero-order valence-electron chi connectivity index (χ0n) is 4.35. The molecule has 0 saturated carbocycles. The highest BCUT2D eigenvalue weighted by molar-refractivity contribution is 5.16. The van der Waals surface area contributed by atoms with Crippen LogP contribution >= 0.6 is 0 Å². The van der Waals surface area contributed by atoms with Crippen molar-refractivity contribution in [3.63, 3.8) is 0 Å².